The van der Waals surface area contributed by atoms with Crippen LogP contribution in [0.5, 0.6) is 0 Å². The molecule has 0 saturated carbocycles. The topological polar surface area (TPSA) is 46.3 Å². The van der Waals surface area contributed by atoms with Crippen LogP contribution in [0.4, 0.5) is 27.6 Å². The number of anilines is 1. The van der Waals surface area contributed by atoms with Crippen LogP contribution in [0, 0.1) is 0 Å². The minimum Gasteiger partial charge on any atom is -0.330 e. The van der Waals surface area contributed by atoms with Gasteiger partial charge < -0.3 is 10.6 Å². The maximum atomic E-state index is 13.2. The Morgan fingerprint density at radius 1 is 1.24 bits per heavy atom. The van der Waals surface area contributed by atoms with Crippen molar-refractivity contribution in [2.75, 3.05) is 18.0 Å². The molecule has 116 valence electrons. The van der Waals surface area contributed by atoms with E-state index in [1.54, 1.807) is 12.1 Å². The first-order valence-electron chi connectivity index (χ1n) is 6.25. The SMILES string of the molecule is NCCC1CN(C(=O)C(F)(F)C(F)(F)F)c2ccccc21. The van der Waals surface area contributed by atoms with E-state index < -0.39 is 18.0 Å². The third-order valence-corrected chi connectivity index (χ3v) is 3.46. The summed E-state index contributed by atoms with van der Waals surface area (Å²) in [5.74, 6) is -7.99. The van der Waals surface area contributed by atoms with Gasteiger partial charge in [-0.1, -0.05) is 18.2 Å². The lowest BCUT2D eigenvalue weighted by Gasteiger charge is -2.25. The number of carbonyl (C=O) groups excluding carboxylic acids is 1. The van der Waals surface area contributed by atoms with E-state index in [-0.39, 0.29) is 24.7 Å². The average Bonchev–Trinajstić information content (AvgIpc) is 2.76. The second-order valence-electron chi connectivity index (χ2n) is 4.82. The molecule has 3 nitrogen and oxygen atoms in total. The zero-order valence-corrected chi connectivity index (χ0v) is 10.8. The van der Waals surface area contributed by atoms with Crippen LogP contribution in [0.3, 0.4) is 0 Å². The first kappa shape index (κ1) is 15.7. The van der Waals surface area contributed by atoms with Gasteiger partial charge in [0.15, 0.2) is 0 Å². The van der Waals surface area contributed by atoms with E-state index in [1.807, 2.05) is 0 Å². The summed E-state index contributed by atoms with van der Waals surface area (Å²) in [5, 5.41) is 0. The molecule has 8 heteroatoms. The Hall–Kier alpha value is -1.70. The highest BCUT2D eigenvalue weighted by atomic mass is 19.4. The van der Waals surface area contributed by atoms with Crippen LogP contribution >= 0.6 is 0 Å². The van der Waals surface area contributed by atoms with Gasteiger partial charge in [-0.15, -0.1) is 0 Å². The summed E-state index contributed by atoms with van der Waals surface area (Å²) in [6.07, 6.45) is -5.51. The van der Waals surface area contributed by atoms with Gasteiger partial charge in [-0.2, -0.15) is 22.0 Å². The molecule has 1 unspecified atom stereocenters. The molecule has 0 saturated heterocycles. The largest absolute Gasteiger partial charge is 0.463 e. The van der Waals surface area contributed by atoms with Gasteiger partial charge in [0.1, 0.15) is 0 Å². The Labute approximate surface area is 117 Å². The number of hydrogen-bond donors (Lipinski definition) is 1. The summed E-state index contributed by atoms with van der Waals surface area (Å²) in [5.41, 5.74) is 6.06. The van der Waals surface area contributed by atoms with Gasteiger partial charge in [-0.25, -0.2) is 0 Å². The predicted molar refractivity (Wildman–Crippen MR) is 66.2 cm³/mol. The third kappa shape index (κ3) is 2.59. The molecule has 0 bridgehead atoms. The van der Waals surface area contributed by atoms with Crippen LogP contribution in [0.25, 0.3) is 0 Å². The Balaban J connectivity index is 2.36. The highest BCUT2D eigenvalue weighted by Gasteiger charge is 2.65. The van der Waals surface area contributed by atoms with Crippen LogP contribution in [-0.2, 0) is 4.79 Å². The lowest BCUT2D eigenvalue weighted by Crippen LogP contribution is -2.52. The zero-order chi connectivity index (χ0) is 15.8. The van der Waals surface area contributed by atoms with Crippen molar-refractivity contribution in [3.8, 4) is 0 Å². The van der Waals surface area contributed by atoms with Gasteiger partial charge in [0.2, 0.25) is 0 Å². The molecule has 21 heavy (non-hydrogen) atoms. The van der Waals surface area contributed by atoms with Crippen molar-refractivity contribution in [1.29, 1.82) is 0 Å². The van der Waals surface area contributed by atoms with Gasteiger partial charge >= 0.3 is 18.0 Å². The maximum Gasteiger partial charge on any atom is 0.463 e. The number of halogens is 5. The summed E-state index contributed by atoms with van der Waals surface area (Å²) >= 11 is 0. The molecule has 0 radical (unpaired) electrons. The summed E-state index contributed by atoms with van der Waals surface area (Å²) < 4.78 is 63.5. The minimum absolute atomic E-state index is 0.0878. The van der Waals surface area contributed by atoms with Crippen molar-refractivity contribution in [1.82, 2.24) is 0 Å². The fraction of sp³-hybridized carbons (Fsp3) is 0.462. The van der Waals surface area contributed by atoms with E-state index in [4.69, 9.17) is 5.73 Å². The van der Waals surface area contributed by atoms with Crippen molar-refractivity contribution >= 4 is 11.6 Å². The van der Waals surface area contributed by atoms with E-state index in [9.17, 15) is 26.7 Å². The summed E-state index contributed by atoms with van der Waals surface area (Å²) in [4.78, 5) is 12.2. The van der Waals surface area contributed by atoms with E-state index in [1.165, 1.54) is 12.1 Å². The number of carbonyl (C=O) groups is 1. The quantitative estimate of drug-likeness (QED) is 0.873. The van der Waals surface area contributed by atoms with Crippen molar-refractivity contribution < 1.29 is 26.7 Å². The molecule has 0 aliphatic carbocycles. The Morgan fingerprint density at radius 2 is 1.86 bits per heavy atom. The zero-order valence-electron chi connectivity index (χ0n) is 10.8. The number of nitrogens with zero attached hydrogens (tertiary/aromatic N) is 1. The first-order valence-corrected chi connectivity index (χ1v) is 6.25. The van der Waals surface area contributed by atoms with Gasteiger partial charge in [-0.3, -0.25) is 4.79 Å². The normalized spacial score (nSPS) is 18.8. The van der Waals surface area contributed by atoms with Crippen LogP contribution in [-0.4, -0.2) is 31.1 Å². The predicted octanol–water partition coefficient (Wildman–Crippen LogP) is 2.66. The molecule has 2 N–H and O–H groups in total. The van der Waals surface area contributed by atoms with E-state index >= 15 is 0 Å². The summed E-state index contributed by atoms with van der Waals surface area (Å²) in [7, 11) is 0. The van der Waals surface area contributed by atoms with Gasteiger partial charge in [0.25, 0.3) is 0 Å². The summed E-state index contributed by atoms with van der Waals surface area (Å²) in [6.45, 7) is 0.0255. The molecule has 1 aromatic rings. The monoisotopic (exact) mass is 308 g/mol. The molecule has 0 spiro atoms. The lowest BCUT2D eigenvalue weighted by molar-refractivity contribution is -0.268. The molecule has 0 fully saturated rings. The van der Waals surface area contributed by atoms with Gasteiger partial charge in [0.05, 0.1) is 0 Å². The van der Waals surface area contributed by atoms with Crippen LogP contribution in [0.2, 0.25) is 0 Å². The number of hydrogen-bond acceptors (Lipinski definition) is 2. The van der Waals surface area contributed by atoms with Crippen LogP contribution in [0.1, 0.15) is 17.9 Å². The fourth-order valence-corrected chi connectivity index (χ4v) is 2.43. The fourth-order valence-electron chi connectivity index (χ4n) is 2.43. The molecular formula is C13H13F5N2O. The molecule has 1 atom stereocenters. The average molecular weight is 308 g/mol. The molecule has 0 aromatic heterocycles. The summed E-state index contributed by atoms with van der Waals surface area (Å²) in [6, 6.07) is 6.08. The molecule has 1 aromatic carbocycles. The van der Waals surface area contributed by atoms with Crippen molar-refractivity contribution in [2.45, 2.75) is 24.4 Å². The number of amides is 1. The molecule has 1 heterocycles. The van der Waals surface area contributed by atoms with Crippen LogP contribution < -0.4 is 10.6 Å². The number of fused-ring (bicyclic) bond motifs is 1. The van der Waals surface area contributed by atoms with E-state index in [2.05, 4.69) is 0 Å². The molecule has 2 rings (SSSR count). The van der Waals surface area contributed by atoms with Gasteiger partial charge in [-0.05, 0) is 24.6 Å². The maximum absolute atomic E-state index is 13.2. The first-order chi connectivity index (χ1) is 9.70. The second-order valence-corrected chi connectivity index (χ2v) is 4.82. The number of alkyl halides is 5. The van der Waals surface area contributed by atoms with E-state index in [0.717, 1.165) is 0 Å². The molecule has 1 aliphatic heterocycles. The van der Waals surface area contributed by atoms with Crippen LogP contribution in [0.15, 0.2) is 24.3 Å². The standard InChI is InChI=1S/C13H13F5N2O/c14-12(15,13(16,17)18)11(21)20-7-8(5-6-19)9-3-1-2-4-10(9)20/h1-4,8H,5-7,19H2. The van der Waals surface area contributed by atoms with Gasteiger partial charge in [0, 0.05) is 18.2 Å². The Bertz CT molecular complexity index is 544. The number of nitrogens with two attached hydrogens (primary N) is 1. The lowest BCUT2D eigenvalue weighted by atomic mass is 9.98. The number of benzene rings is 1. The second kappa shape index (κ2) is 5.25. The van der Waals surface area contributed by atoms with Crippen molar-refractivity contribution in [3.63, 3.8) is 0 Å². The van der Waals surface area contributed by atoms with E-state index in [0.29, 0.717) is 16.9 Å². The highest BCUT2D eigenvalue weighted by molar-refractivity contribution is 6.00. The molecule has 1 amide bonds. The number of para-hydroxylation sites is 1. The van der Waals surface area contributed by atoms with Crippen molar-refractivity contribution in [3.05, 3.63) is 29.8 Å². The molecular weight excluding hydrogens is 295 g/mol. The Kier molecular flexibility index (Phi) is 3.92. The minimum atomic E-state index is -5.91. The number of rotatable bonds is 3. The molecule has 1 aliphatic rings. The van der Waals surface area contributed by atoms with Crippen molar-refractivity contribution in [2.24, 2.45) is 5.73 Å². The third-order valence-electron chi connectivity index (χ3n) is 3.46. The Morgan fingerprint density at radius 3 is 2.43 bits per heavy atom. The smallest absolute Gasteiger partial charge is 0.330 e. The highest BCUT2D eigenvalue weighted by Crippen LogP contribution is 2.43.